The summed E-state index contributed by atoms with van der Waals surface area (Å²) in [5.41, 5.74) is 3.81. The molecule has 1 fully saturated rings. The van der Waals surface area contributed by atoms with E-state index in [9.17, 15) is 9.59 Å². The van der Waals surface area contributed by atoms with Crippen molar-refractivity contribution in [2.45, 2.75) is 46.2 Å². The van der Waals surface area contributed by atoms with Crippen molar-refractivity contribution in [3.8, 4) is 6.07 Å². The lowest BCUT2D eigenvalue weighted by Crippen LogP contribution is -2.48. The molecular formula is C22H27N7O2S. The van der Waals surface area contributed by atoms with Gasteiger partial charge in [-0.1, -0.05) is 0 Å². The van der Waals surface area contributed by atoms with Crippen LogP contribution in [0.5, 0.6) is 0 Å². The van der Waals surface area contributed by atoms with E-state index in [2.05, 4.69) is 21.1 Å². The zero-order valence-corrected chi connectivity index (χ0v) is 19.3. The Balaban J connectivity index is 1.29. The van der Waals surface area contributed by atoms with Crippen molar-refractivity contribution in [3.63, 3.8) is 0 Å². The summed E-state index contributed by atoms with van der Waals surface area (Å²) in [5.74, 6) is 0.157. The van der Waals surface area contributed by atoms with Gasteiger partial charge in [0.05, 0.1) is 30.4 Å². The number of fused-ring (bicyclic) bond motifs is 1. The van der Waals surface area contributed by atoms with Crippen LogP contribution >= 0.6 is 11.3 Å². The molecule has 0 unspecified atom stereocenters. The number of carbonyl (C=O) groups excluding carboxylic acids is 1. The van der Waals surface area contributed by atoms with E-state index < -0.39 is 0 Å². The van der Waals surface area contributed by atoms with Crippen molar-refractivity contribution in [3.05, 3.63) is 50.6 Å². The minimum Gasteiger partial charge on any atom is -0.340 e. The second kappa shape index (κ2) is 9.63. The minimum absolute atomic E-state index is 0.0541. The number of aromatic nitrogens is 4. The summed E-state index contributed by atoms with van der Waals surface area (Å²) in [6, 6.07) is 3.74. The second-order valence-electron chi connectivity index (χ2n) is 8.08. The predicted molar refractivity (Wildman–Crippen MR) is 121 cm³/mol. The number of hydrogen-bond acceptors (Lipinski definition) is 7. The molecule has 4 heterocycles. The Labute approximate surface area is 190 Å². The Hall–Kier alpha value is -3.03. The third kappa shape index (κ3) is 4.74. The van der Waals surface area contributed by atoms with E-state index in [1.54, 1.807) is 16.7 Å². The Morgan fingerprint density at radius 1 is 1.25 bits per heavy atom. The molecule has 0 radical (unpaired) electrons. The van der Waals surface area contributed by atoms with Gasteiger partial charge in [0.2, 0.25) is 5.91 Å². The van der Waals surface area contributed by atoms with E-state index in [0.717, 1.165) is 35.7 Å². The lowest BCUT2D eigenvalue weighted by atomic mass is 10.1. The van der Waals surface area contributed by atoms with Crippen LogP contribution < -0.4 is 5.56 Å². The van der Waals surface area contributed by atoms with Crippen LogP contribution in [0.25, 0.3) is 4.96 Å². The molecule has 0 N–H and O–H groups in total. The molecule has 1 amide bonds. The Kier molecular flexibility index (Phi) is 6.67. The maximum absolute atomic E-state index is 12.8. The zero-order chi connectivity index (χ0) is 22.7. The van der Waals surface area contributed by atoms with Gasteiger partial charge in [-0.05, 0) is 25.8 Å². The smallest absolute Gasteiger partial charge is 0.258 e. The molecule has 4 rings (SSSR count). The third-order valence-electron chi connectivity index (χ3n) is 6.02. The monoisotopic (exact) mass is 453 g/mol. The number of rotatable bonds is 7. The van der Waals surface area contributed by atoms with Gasteiger partial charge in [0, 0.05) is 62.5 Å². The summed E-state index contributed by atoms with van der Waals surface area (Å²) >= 11 is 1.45. The number of nitriles is 1. The highest BCUT2D eigenvalue weighted by atomic mass is 32.1. The van der Waals surface area contributed by atoms with Crippen LogP contribution in [0.15, 0.2) is 22.4 Å². The van der Waals surface area contributed by atoms with Crippen molar-refractivity contribution in [1.82, 2.24) is 29.0 Å². The zero-order valence-electron chi connectivity index (χ0n) is 18.5. The first-order valence-corrected chi connectivity index (χ1v) is 11.7. The average molecular weight is 454 g/mol. The summed E-state index contributed by atoms with van der Waals surface area (Å²) in [6.45, 7) is 8.05. The molecule has 1 aliphatic heterocycles. The normalized spacial score (nSPS) is 14.7. The molecule has 168 valence electrons. The van der Waals surface area contributed by atoms with Crippen LogP contribution in [0.4, 0.5) is 0 Å². The minimum atomic E-state index is -0.0541. The lowest BCUT2D eigenvalue weighted by molar-refractivity contribution is -0.133. The van der Waals surface area contributed by atoms with Gasteiger partial charge in [0.1, 0.15) is 0 Å². The van der Waals surface area contributed by atoms with Gasteiger partial charge in [-0.15, -0.1) is 11.3 Å². The largest absolute Gasteiger partial charge is 0.340 e. The van der Waals surface area contributed by atoms with Crippen molar-refractivity contribution in [1.29, 1.82) is 5.26 Å². The number of aryl methyl sites for hydroxylation is 2. The molecule has 0 aliphatic carbocycles. The Morgan fingerprint density at radius 2 is 2.03 bits per heavy atom. The number of piperazine rings is 1. The fourth-order valence-electron chi connectivity index (χ4n) is 4.21. The number of nitrogens with zero attached hydrogens (tertiary/aromatic N) is 7. The fourth-order valence-corrected chi connectivity index (χ4v) is 4.95. The maximum Gasteiger partial charge on any atom is 0.258 e. The Morgan fingerprint density at radius 3 is 2.78 bits per heavy atom. The van der Waals surface area contributed by atoms with Gasteiger partial charge in [-0.2, -0.15) is 10.4 Å². The quantitative estimate of drug-likeness (QED) is 0.541. The van der Waals surface area contributed by atoms with Crippen molar-refractivity contribution in [2.24, 2.45) is 0 Å². The van der Waals surface area contributed by atoms with Crippen molar-refractivity contribution >= 4 is 22.2 Å². The van der Waals surface area contributed by atoms with Crippen LogP contribution in [-0.2, 0) is 24.3 Å². The first kappa shape index (κ1) is 22.2. The van der Waals surface area contributed by atoms with E-state index in [0.29, 0.717) is 50.4 Å². The first-order valence-electron chi connectivity index (χ1n) is 10.8. The van der Waals surface area contributed by atoms with Crippen LogP contribution in [0.1, 0.15) is 35.5 Å². The van der Waals surface area contributed by atoms with Gasteiger partial charge in [0.25, 0.3) is 5.56 Å². The van der Waals surface area contributed by atoms with Gasteiger partial charge in [-0.25, -0.2) is 4.98 Å². The summed E-state index contributed by atoms with van der Waals surface area (Å²) < 4.78 is 3.42. The highest BCUT2D eigenvalue weighted by Gasteiger charge is 2.22. The van der Waals surface area contributed by atoms with Gasteiger partial charge in [0.15, 0.2) is 4.96 Å². The summed E-state index contributed by atoms with van der Waals surface area (Å²) in [6.07, 6.45) is 3.29. The van der Waals surface area contributed by atoms with E-state index in [-0.39, 0.29) is 11.5 Å². The van der Waals surface area contributed by atoms with Crippen molar-refractivity contribution < 1.29 is 4.79 Å². The number of carbonyl (C=O) groups is 1. The van der Waals surface area contributed by atoms with Crippen LogP contribution in [0, 0.1) is 25.2 Å². The molecule has 3 aromatic rings. The maximum atomic E-state index is 12.8. The average Bonchev–Trinajstić information content (AvgIpc) is 3.36. The predicted octanol–water partition coefficient (Wildman–Crippen LogP) is 1.76. The molecule has 32 heavy (non-hydrogen) atoms. The fraction of sp³-hybridized carbons (Fsp3) is 0.500. The summed E-state index contributed by atoms with van der Waals surface area (Å²) in [5, 5.41) is 15.2. The van der Waals surface area contributed by atoms with Gasteiger partial charge < -0.3 is 4.90 Å². The number of amides is 1. The molecule has 9 nitrogen and oxygen atoms in total. The molecule has 0 spiro atoms. The van der Waals surface area contributed by atoms with Gasteiger partial charge >= 0.3 is 0 Å². The second-order valence-corrected chi connectivity index (χ2v) is 8.95. The van der Waals surface area contributed by atoms with Gasteiger partial charge in [-0.3, -0.25) is 23.6 Å². The molecule has 1 aliphatic rings. The molecule has 0 aromatic carbocycles. The van der Waals surface area contributed by atoms with E-state index >= 15 is 0 Å². The number of hydrogen-bond donors (Lipinski definition) is 0. The van der Waals surface area contributed by atoms with E-state index in [4.69, 9.17) is 5.26 Å². The van der Waals surface area contributed by atoms with E-state index in [1.165, 1.54) is 11.3 Å². The van der Waals surface area contributed by atoms with Crippen LogP contribution in [-0.4, -0.2) is 61.1 Å². The first-order chi connectivity index (χ1) is 15.5. The molecular weight excluding hydrogens is 426 g/mol. The summed E-state index contributed by atoms with van der Waals surface area (Å²) in [4.78, 5) is 34.4. The Bertz CT molecular complexity index is 1210. The lowest BCUT2D eigenvalue weighted by Gasteiger charge is -2.34. The van der Waals surface area contributed by atoms with Crippen molar-refractivity contribution in [2.75, 3.05) is 26.2 Å². The standard InChI is InChI=1S/C22H27N7O2S/c1-16-19(17(2)29(25-16)7-3-6-23)4-5-20(30)27-10-8-26(9-11-27)15-18-14-21(31)28-12-13-32-22(28)24-18/h12-14H,3-5,7-11,15H2,1-2H3. The molecule has 0 saturated carbocycles. The molecule has 0 bridgehead atoms. The summed E-state index contributed by atoms with van der Waals surface area (Å²) in [7, 11) is 0. The number of thiazole rings is 1. The SMILES string of the molecule is Cc1nn(CCC#N)c(C)c1CCC(=O)N1CCN(Cc2cc(=O)n3ccsc3n2)CC1. The molecule has 0 atom stereocenters. The van der Waals surface area contributed by atoms with Crippen LogP contribution in [0.3, 0.4) is 0 Å². The molecule has 3 aromatic heterocycles. The topological polar surface area (TPSA) is 99.5 Å². The highest BCUT2D eigenvalue weighted by molar-refractivity contribution is 7.15. The van der Waals surface area contributed by atoms with Crippen LogP contribution in [0.2, 0.25) is 0 Å². The molecule has 1 saturated heterocycles. The highest BCUT2D eigenvalue weighted by Crippen LogP contribution is 2.17. The third-order valence-corrected chi connectivity index (χ3v) is 6.78. The van der Waals surface area contributed by atoms with E-state index in [1.807, 2.05) is 28.8 Å². The molecule has 10 heteroatoms.